The van der Waals surface area contributed by atoms with E-state index in [9.17, 15) is 13.6 Å². The topological polar surface area (TPSA) is 76.7 Å². The number of rotatable bonds is 4. The zero-order valence-electron chi connectivity index (χ0n) is 20.7. The van der Waals surface area contributed by atoms with Crippen molar-refractivity contribution in [2.45, 2.75) is 33.2 Å². The number of halogens is 2. The number of anilines is 2. The Labute approximate surface area is 207 Å². The molecule has 1 amide bonds. The number of aryl methyl sites for hydroxylation is 1. The van der Waals surface area contributed by atoms with E-state index < -0.39 is 23.2 Å². The molecule has 188 valence electrons. The van der Waals surface area contributed by atoms with Gasteiger partial charge in [0.1, 0.15) is 22.8 Å². The molecule has 1 aliphatic heterocycles. The molecule has 4 aromatic rings. The fourth-order valence-electron chi connectivity index (χ4n) is 4.42. The molecule has 5 rings (SSSR count). The summed E-state index contributed by atoms with van der Waals surface area (Å²) >= 11 is 0. The minimum atomic E-state index is -0.771. The average molecular weight is 495 g/mol. The van der Waals surface area contributed by atoms with Crippen molar-refractivity contribution in [2.24, 2.45) is 0 Å². The lowest BCUT2D eigenvalue weighted by Crippen LogP contribution is -2.37. The van der Waals surface area contributed by atoms with Gasteiger partial charge in [0.2, 0.25) is 5.95 Å². The van der Waals surface area contributed by atoms with Crippen molar-refractivity contribution in [3.05, 3.63) is 65.7 Å². The molecule has 8 nitrogen and oxygen atoms in total. The van der Waals surface area contributed by atoms with Crippen molar-refractivity contribution in [1.29, 1.82) is 0 Å². The van der Waals surface area contributed by atoms with Crippen LogP contribution >= 0.6 is 0 Å². The predicted molar refractivity (Wildman–Crippen MR) is 133 cm³/mol. The summed E-state index contributed by atoms with van der Waals surface area (Å²) in [4.78, 5) is 19.5. The molecule has 1 aliphatic rings. The fourth-order valence-corrected chi connectivity index (χ4v) is 4.42. The van der Waals surface area contributed by atoms with E-state index in [4.69, 9.17) is 4.74 Å². The van der Waals surface area contributed by atoms with Gasteiger partial charge in [-0.3, -0.25) is 9.20 Å². The summed E-state index contributed by atoms with van der Waals surface area (Å²) in [6, 6.07) is 6.89. The molecule has 0 saturated carbocycles. The van der Waals surface area contributed by atoms with Crippen molar-refractivity contribution < 1.29 is 18.3 Å². The van der Waals surface area contributed by atoms with Crippen molar-refractivity contribution in [3.8, 4) is 11.1 Å². The molecule has 0 aliphatic carbocycles. The van der Waals surface area contributed by atoms with E-state index in [0.29, 0.717) is 18.8 Å². The van der Waals surface area contributed by atoms with Crippen LogP contribution in [0.15, 0.2) is 42.9 Å². The van der Waals surface area contributed by atoms with Crippen LogP contribution in [-0.2, 0) is 10.3 Å². The number of hydrogen-bond acceptors (Lipinski definition) is 5. The lowest BCUT2D eigenvalue weighted by Gasteiger charge is -2.29. The molecule has 4 heterocycles. The zero-order valence-corrected chi connectivity index (χ0v) is 20.7. The lowest BCUT2D eigenvalue weighted by molar-refractivity contribution is 0.102. The molecule has 0 spiro atoms. The molecule has 0 bridgehead atoms. The number of carbonyl (C=O) groups is 1. The highest BCUT2D eigenvalue weighted by Gasteiger charge is 2.25. The second-order valence-electron chi connectivity index (χ2n) is 9.89. The minimum Gasteiger partial charge on any atom is -0.378 e. The van der Waals surface area contributed by atoms with E-state index in [1.54, 1.807) is 40.0 Å². The number of nitrogens with zero attached hydrogens (tertiary/aromatic N) is 5. The molecule has 36 heavy (non-hydrogen) atoms. The molecule has 1 N–H and O–H groups in total. The van der Waals surface area contributed by atoms with Crippen LogP contribution in [0, 0.1) is 18.7 Å². The van der Waals surface area contributed by atoms with Gasteiger partial charge in [-0.2, -0.15) is 9.49 Å². The summed E-state index contributed by atoms with van der Waals surface area (Å²) in [5.74, 6) is -1.19. The van der Waals surface area contributed by atoms with Gasteiger partial charge < -0.3 is 15.0 Å². The fraction of sp³-hybridized carbons (Fsp3) is 0.346. The quantitative estimate of drug-likeness (QED) is 0.448. The summed E-state index contributed by atoms with van der Waals surface area (Å²) in [7, 11) is 0. The van der Waals surface area contributed by atoms with Gasteiger partial charge in [-0.25, -0.2) is 14.1 Å². The third-order valence-electron chi connectivity index (χ3n) is 6.28. The Morgan fingerprint density at radius 1 is 1.11 bits per heavy atom. The second kappa shape index (κ2) is 9.02. The Hall–Kier alpha value is -3.79. The molecule has 1 fully saturated rings. The number of benzene rings is 1. The maximum absolute atomic E-state index is 14.9. The smallest absolute Gasteiger partial charge is 0.262 e. The first-order valence-electron chi connectivity index (χ1n) is 11.8. The number of hydrogen-bond donors (Lipinski definition) is 1. The highest BCUT2D eigenvalue weighted by molar-refractivity contribution is 6.04. The third kappa shape index (κ3) is 4.32. The highest BCUT2D eigenvalue weighted by Crippen LogP contribution is 2.33. The van der Waals surface area contributed by atoms with Crippen molar-refractivity contribution in [2.75, 3.05) is 36.5 Å². The maximum Gasteiger partial charge on any atom is 0.262 e. The Bertz CT molecular complexity index is 1450. The van der Waals surface area contributed by atoms with Crippen molar-refractivity contribution >= 4 is 23.1 Å². The molecule has 10 heteroatoms. The third-order valence-corrected chi connectivity index (χ3v) is 6.28. The highest BCUT2D eigenvalue weighted by atomic mass is 19.1. The first kappa shape index (κ1) is 23.9. The van der Waals surface area contributed by atoms with Gasteiger partial charge in [0.25, 0.3) is 5.91 Å². The molecule has 0 radical (unpaired) electrons. The monoisotopic (exact) mass is 494 g/mol. The number of morpholine rings is 1. The molecular formula is C26H28F2N6O2. The molecule has 3 aromatic heterocycles. The average Bonchev–Trinajstić information content (AvgIpc) is 3.47. The van der Waals surface area contributed by atoms with Crippen LogP contribution in [0.4, 0.5) is 20.3 Å². The van der Waals surface area contributed by atoms with Crippen LogP contribution in [0.5, 0.6) is 0 Å². The van der Waals surface area contributed by atoms with E-state index >= 15 is 0 Å². The van der Waals surface area contributed by atoms with Gasteiger partial charge in [0.15, 0.2) is 0 Å². The summed E-state index contributed by atoms with van der Waals surface area (Å²) in [6.45, 7) is 9.89. The van der Waals surface area contributed by atoms with Crippen LogP contribution in [0.1, 0.15) is 36.7 Å². The zero-order chi connectivity index (χ0) is 25.6. The van der Waals surface area contributed by atoms with E-state index in [0.717, 1.165) is 46.6 Å². The minimum absolute atomic E-state index is 0.0420. The molecule has 1 aromatic carbocycles. The number of nitrogens with one attached hydrogen (secondary N) is 1. The Balaban J connectivity index is 1.52. The van der Waals surface area contributed by atoms with Gasteiger partial charge in [-0.05, 0) is 68.7 Å². The summed E-state index contributed by atoms with van der Waals surface area (Å²) in [5, 5.41) is 6.52. The molecule has 0 atom stereocenters. The van der Waals surface area contributed by atoms with Crippen LogP contribution in [-0.4, -0.2) is 51.4 Å². The number of amides is 1. The van der Waals surface area contributed by atoms with E-state index in [1.807, 2.05) is 22.7 Å². The predicted octanol–water partition coefficient (Wildman–Crippen LogP) is 4.63. The number of carbonyl (C=O) groups excluding carboxylic acids is 1. The number of fused-ring (bicyclic) bond motifs is 1. The summed E-state index contributed by atoms with van der Waals surface area (Å²) in [6.07, 6.45) is 4.79. The van der Waals surface area contributed by atoms with E-state index in [1.165, 1.54) is 6.07 Å². The summed E-state index contributed by atoms with van der Waals surface area (Å²) in [5.41, 5.74) is 2.07. The van der Waals surface area contributed by atoms with Crippen molar-refractivity contribution in [1.82, 2.24) is 19.2 Å². The SMILES string of the molecule is Cc1cc(F)c(NC(=O)c2cnn(C(C)(C)C)c2F)cc1-c1cc(N2CCOCC2)n2ccnc2c1. The van der Waals surface area contributed by atoms with Crippen LogP contribution in [0.25, 0.3) is 16.8 Å². The van der Waals surface area contributed by atoms with Gasteiger partial charge in [0, 0.05) is 25.5 Å². The largest absolute Gasteiger partial charge is 0.378 e. The number of imidazole rings is 1. The normalized spacial score (nSPS) is 14.4. The lowest BCUT2D eigenvalue weighted by atomic mass is 9.99. The van der Waals surface area contributed by atoms with Gasteiger partial charge in [-0.1, -0.05) is 0 Å². The Kier molecular flexibility index (Phi) is 5.99. The van der Waals surface area contributed by atoms with Gasteiger partial charge in [0.05, 0.1) is 30.6 Å². The molecule has 0 unspecified atom stereocenters. The Morgan fingerprint density at radius 3 is 2.56 bits per heavy atom. The number of ether oxygens (including phenoxy) is 1. The number of aromatic nitrogens is 4. The molecule has 1 saturated heterocycles. The van der Waals surface area contributed by atoms with Crippen LogP contribution in [0.2, 0.25) is 0 Å². The van der Waals surface area contributed by atoms with E-state index in [-0.39, 0.29) is 11.3 Å². The number of pyridine rings is 1. The molecular weight excluding hydrogens is 466 g/mol. The summed E-state index contributed by atoms with van der Waals surface area (Å²) < 4.78 is 38.4. The second-order valence-corrected chi connectivity index (χ2v) is 9.89. The van der Waals surface area contributed by atoms with Crippen LogP contribution < -0.4 is 10.2 Å². The Morgan fingerprint density at radius 2 is 1.86 bits per heavy atom. The van der Waals surface area contributed by atoms with Crippen molar-refractivity contribution in [3.63, 3.8) is 0 Å². The first-order chi connectivity index (χ1) is 17.1. The maximum atomic E-state index is 14.9. The van der Waals surface area contributed by atoms with Gasteiger partial charge in [-0.15, -0.1) is 0 Å². The van der Waals surface area contributed by atoms with E-state index in [2.05, 4.69) is 20.3 Å². The van der Waals surface area contributed by atoms with Crippen LogP contribution in [0.3, 0.4) is 0 Å². The van der Waals surface area contributed by atoms with Gasteiger partial charge >= 0.3 is 0 Å². The standard InChI is InChI=1S/C26H28F2N6O2/c1-16-11-20(27)21(31-25(35)19-15-30-34(24(19)28)26(2,3)4)14-18(16)17-12-22-29-5-6-33(22)23(13-17)32-7-9-36-10-8-32/h5-6,11-15H,7-10H2,1-4H3,(H,31,35). The first-order valence-corrected chi connectivity index (χ1v) is 11.8.